The van der Waals surface area contributed by atoms with Gasteiger partial charge in [-0.3, -0.25) is 4.98 Å². The smallest absolute Gasteiger partial charge is 0.348 e. The second-order valence-electron chi connectivity index (χ2n) is 6.01. The fourth-order valence-electron chi connectivity index (χ4n) is 2.81. The first-order valence-corrected chi connectivity index (χ1v) is 8.75. The van der Waals surface area contributed by atoms with E-state index in [9.17, 15) is 14.4 Å². The molecule has 0 radical (unpaired) electrons. The average molecular weight is 375 g/mol. The zero-order chi connectivity index (χ0) is 19.9. The topological polar surface area (TPSA) is 67.9 Å². The van der Waals surface area contributed by atoms with Gasteiger partial charge in [0.1, 0.15) is 17.5 Å². The Hall–Kier alpha value is -3.72. The van der Waals surface area contributed by atoms with Gasteiger partial charge in [-0.1, -0.05) is 18.2 Å². The van der Waals surface area contributed by atoms with Crippen molar-refractivity contribution in [2.75, 3.05) is 6.61 Å². The maximum absolute atomic E-state index is 13.7. The van der Waals surface area contributed by atoms with E-state index in [2.05, 4.69) is 4.98 Å². The van der Waals surface area contributed by atoms with E-state index in [0.29, 0.717) is 17.7 Å². The molecule has 28 heavy (non-hydrogen) atoms. The van der Waals surface area contributed by atoms with Gasteiger partial charge in [-0.2, -0.15) is 5.26 Å². The van der Waals surface area contributed by atoms with Gasteiger partial charge in [-0.25, -0.2) is 9.18 Å². The zero-order valence-electron chi connectivity index (χ0n) is 15.3. The molecule has 0 bridgehead atoms. The Morgan fingerprint density at radius 2 is 2.14 bits per heavy atom. The van der Waals surface area contributed by atoms with Crippen molar-refractivity contribution in [1.82, 2.24) is 9.55 Å². The van der Waals surface area contributed by atoms with E-state index in [1.165, 1.54) is 18.2 Å². The molecule has 0 amide bonds. The molecule has 0 saturated heterocycles. The van der Waals surface area contributed by atoms with Crippen LogP contribution in [0, 0.1) is 17.1 Å². The molecule has 140 valence electrons. The Morgan fingerprint density at radius 3 is 2.82 bits per heavy atom. The number of esters is 1. The van der Waals surface area contributed by atoms with Gasteiger partial charge in [0, 0.05) is 23.7 Å². The molecule has 2 aromatic heterocycles. The van der Waals surface area contributed by atoms with E-state index in [0.717, 1.165) is 11.4 Å². The minimum absolute atomic E-state index is 0.0948. The summed E-state index contributed by atoms with van der Waals surface area (Å²) in [5, 5.41) is 9.26. The Bertz CT molecular complexity index is 1050. The quantitative estimate of drug-likeness (QED) is 0.368. The van der Waals surface area contributed by atoms with E-state index >= 15 is 0 Å². The van der Waals surface area contributed by atoms with Crippen molar-refractivity contribution in [2.45, 2.75) is 13.5 Å². The van der Waals surface area contributed by atoms with Gasteiger partial charge >= 0.3 is 5.97 Å². The predicted octanol–water partition coefficient (Wildman–Crippen LogP) is 4.21. The number of halogens is 1. The van der Waals surface area contributed by atoms with E-state index in [1.807, 2.05) is 28.8 Å². The minimum atomic E-state index is -0.671. The monoisotopic (exact) mass is 375 g/mol. The third-order valence-electron chi connectivity index (χ3n) is 4.02. The molecule has 0 aliphatic rings. The molecule has 2 heterocycles. The third kappa shape index (κ3) is 4.51. The van der Waals surface area contributed by atoms with Crippen molar-refractivity contribution >= 4 is 12.0 Å². The maximum atomic E-state index is 13.7. The molecule has 0 spiro atoms. The molecule has 0 saturated carbocycles. The number of pyridine rings is 1. The average Bonchev–Trinajstić information content (AvgIpc) is 3.09. The summed E-state index contributed by atoms with van der Waals surface area (Å²) in [6, 6.07) is 15.5. The highest BCUT2D eigenvalue weighted by molar-refractivity contribution is 5.98. The summed E-state index contributed by atoms with van der Waals surface area (Å²) in [7, 11) is 0. The van der Waals surface area contributed by atoms with Crippen LogP contribution in [0.1, 0.15) is 18.2 Å². The number of benzene rings is 1. The molecule has 6 heteroatoms. The Morgan fingerprint density at radius 1 is 1.29 bits per heavy atom. The molecule has 0 unspecified atom stereocenters. The summed E-state index contributed by atoms with van der Waals surface area (Å²) in [5.74, 6) is -1.01. The fraction of sp³-hybridized carbons (Fsp3) is 0.136. The highest BCUT2D eigenvalue weighted by Crippen LogP contribution is 2.25. The van der Waals surface area contributed by atoms with Gasteiger partial charge in [0.15, 0.2) is 0 Å². The van der Waals surface area contributed by atoms with Crippen LogP contribution in [0.3, 0.4) is 0 Å². The molecule has 0 N–H and O–H groups in total. The lowest BCUT2D eigenvalue weighted by molar-refractivity contribution is -0.137. The fourth-order valence-corrected chi connectivity index (χ4v) is 2.81. The van der Waals surface area contributed by atoms with Gasteiger partial charge in [0.05, 0.1) is 18.8 Å². The van der Waals surface area contributed by atoms with Crippen LogP contribution < -0.4 is 0 Å². The summed E-state index contributed by atoms with van der Waals surface area (Å²) in [6.45, 7) is 2.33. The molecule has 3 rings (SSSR count). The summed E-state index contributed by atoms with van der Waals surface area (Å²) in [4.78, 5) is 16.2. The van der Waals surface area contributed by atoms with Crippen molar-refractivity contribution in [1.29, 1.82) is 5.26 Å². The SMILES string of the molecule is CCOC(=O)/C(C#N)=C/c1cc(-c2cccc(F)c2)n(Cc2ccccn2)c1. The lowest BCUT2D eigenvalue weighted by Crippen LogP contribution is -2.05. The van der Waals surface area contributed by atoms with E-state index < -0.39 is 5.97 Å². The van der Waals surface area contributed by atoms with Crippen LogP contribution in [0.5, 0.6) is 0 Å². The molecule has 0 aliphatic carbocycles. The van der Waals surface area contributed by atoms with Gasteiger partial charge in [0.2, 0.25) is 0 Å². The molecule has 0 atom stereocenters. The van der Waals surface area contributed by atoms with E-state index in [1.54, 1.807) is 37.5 Å². The number of rotatable bonds is 6. The summed E-state index contributed by atoms with van der Waals surface area (Å²) in [6.07, 6.45) is 4.97. The number of carbonyl (C=O) groups is 1. The van der Waals surface area contributed by atoms with Crippen LogP contribution in [0.25, 0.3) is 17.3 Å². The van der Waals surface area contributed by atoms with E-state index in [-0.39, 0.29) is 18.0 Å². The standard InChI is InChI=1S/C22H18FN3O2/c1-2-28-22(27)18(13-24)10-16-11-21(17-6-5-7-19(23)12-17)26(14-16)15-20-8-3-4-9-25-20/h3-12,14H,2,15H2,1H3/b18-10+. The lowest BCUT2D eigenvalue weighted by atomic mass is 10.1. The van der Waals surface area contributed by atoms with Crippen LogP contribution in [-0.4, -0.2) is 22.1 Å². The second-order valence-corrected chi connectivity index (χ2v) is 6.01. The number of nitrogens with zero attached hydrogens (tertiary/aromatic N) is 3. The van der Waals surface area contributed by atoms with Gasteiger partial charge in [-0.15, -0.1) is 0 Å². The van der Waals surface area contributed by atoms with Crippen LogP contribution in [0.4, 0.5) is 4.39 Å². The minimum Gasteiger partial charge on any atom is -0.462 e. The van der Waals surface area contributed by atoms with Crippen LogP contribution in [0.2, 0.25) is 0 Å². The number of aromatic nitrogens is 2. The normalized spacial score (nSPS) is 11.1. The van der Waals surface area contributed by atoms with Crippen LogP contribution in [0.15, 0.2) is 66.5 Å². The lowest BCUT2D eigenvalue weighted by Gasteiger charge is -2.09. The maximum Gasteiger partial charge on any atom is 0.348 e. The van der Waals surface area contributed by atoms with E-state index in [4.69, 9.17) is 4.74 Å². The Kier molecular flexibility index (Phi) is 5.97. The van der Waals surface area contributed by atoms with Crippen LogP contribution >= 0.6 is 0 Å². The molecule has 0 fully saturated rings. The van der Waals surface area contributed by atoms with Crippen molar-refractivity contribution in [3.05, 3.63) is 83.6 Å². The first kappa shape index (κ1) is 19.1. The second kappa shape index (κ2) is 8.78. The summed E-state index contributed by atoms with van der Waals surface area (Å²) >= 11 is 0. The van der Waals surface area contributed by atoms with Gasteiger partial charge < -0.3 is 9.30 Å². The molecular formula is C22H18FN3O2. The molecule has 0 aliphatic heterocycles. The third-order valence-corrected chi connectivity index (χ3v) is 4.02. The van der Waals surface area contributed by atoms with Crippen LogP contribution in [-0.2, 0) is 16.1 Å². The Balaban J connectivity index is 2.04. The number of hydrogen-bond donors (Lipinski definition) is 0. The first-order chi connectivity index (χ1) is 13.6. The molecule has 3 aromatic rings. The van der Waals surface area contributed by atoms with Gasteiger partial charge in [0.25, 0.3) is 0 Å². The highest BCUT2D eigenvalue weighted by Gasteiger charge is 2.13. The summed E-state index contributed by atoms with van der Waals surface area (Å²) in [5.41, 5.74) is 2.81. The van der Waals surface area contributed by atoms with Crippen molar-refractivity contribution in [3.8, 4) is 17.3 Å². The number of nitriles is 1. The molecule has 5 nitrogen and oxygen atoms in total. The van der Waals surface area contributed by atoms with Crippen molar-refractivity contribution in [3.63, 3.8) is 0 Å². The Labute approximate surface area is 162 Å². The van der Waals surface area contributed by atoms with Gasteiger partial charge in [-0.05, 0) is 48.9 Å². The predicted molar refractivity (Wildman–Crippen MR) is 103 cm³/mol. The highest BCUT2D eigenvalue weighted by atomic mass is 19.1. The number of hydrogen-bond acceptors (Lipinski definition) is 4. The summed E-state index contributed by atoms with van der Waals surface area (Å²) < 4.78 is 20.5. The number of ether oxygens (including phenoxy) is 1. The largest absolute Gasteiger partial charge is 0.462 e. The van der Waals surface area contributed by atoms with Crippen molar-refractivity contribution in [2.24, 2.45) is 0 Å². The zero-order valence-corrected chi connectivity index (χ0v) is 15.3. The van der Waals surface area contributed by atoms with Crippen molar-refractivity contribution < 1.29 is 13.9 Å². The molecular weight excluding hydrogens is 357 g/mol. The molecule has 1 aromatic carbocycles. The first-order valence-electron chi connectivity index (χ1n) is 8.75. The number of carbonyl (C=O) groups excluding carboxylic acids is 1.